The maximum Gasteiger partial charge on any atom is 0.118 e. The van der Waals surface area contributed by atoms with Crippen molar-refractivity contribution in [3.8, 4) is 5.75 Å². The molecule has 0 bridgehead atoms. The molecular weight excluding hydrogens is 252 g/mol. The molecule has 0 aliphatic rings. The predicted molar refractivity (Wildman–Crippen MR) is 78.9 cm³/mol. The summed E-state index contributed by atoms with van der Waals surface area (Å²) in [5.41, 5.74) is 2.00. The van der Waals surface area contributed by atoms with Crippen molar-refractivity contribution in [3.05, 3.63) is 65.7 Å². The number of hydrogen-bond donors (Lipinski definition) is 2. The molecule has 0 heterocycles. The minimum Gasteiger partial charge on any atom is -0.497 e. The van der Waals surface area contributed by atoms with Crippen LogP contribution in [-0.2, 0) is 12.8 Å². The van der Waals surface area contributed by atoms with Crippen LogP contribution < -0.4 is 4.74 Å². The van der Waals surface area contributed by atoms with E-state index in [0.29, 0.717) is 12.8 Å². The molecule has 0 amide bonds. The van der Waals surface area contributed by atoms with E-state index < -0.39 is 12.2 Å². The van der Waals surface area contributed by atoms with Crippen LogP contribution >= 0.6 is 0 Å². The summed E-state index contributed by atoms with van der Waals surface area (Å²) in [7, 11) is 1.62. The summed E-state index contributed by atoms with van der Waals surface area (Å²) in [6.07, 6.45) is -0.654. The Hall–Kier alpha value is -1.84. The predicted octanol–water partition coefficient (Wildman–Crippen LogP) is 2.20. The zero-order valence-corrected chi connectivity index (χ0v) is 11.6. The van der Waals surface area contributed by atoms with Gasteiger partial charge in [-0.25, -0.2) is 0 Å². The third-order valence-corrected chi connectivity index (χ3v) is 3.34. The molecule has 0 aliphatic carbocycles. The van der Waals surface area contributed by atoms with E-state index in [1.54, 1.807) is 7.11 Å². The largest absolute Gasteiger partial charge is 0.497 e. The molecule has 20 heavy (non-hydrogen) atoms. The van der Waals surface area contributed by atoms with Gasteiger partial charge in [0.1, 0.15) is 5.75 Å². The summed E-state index contributed by atoms with van der Waals surface area (Å²) < 4.78 is 5.09. The van der Waals surface area contributed by atoms with Gasteiger partial charge in [-0.05, 0) is 23.3 Å². The molecule has 0 aromatic heterocycles. The fourth-order valence-electron chi connectivity index (χ4n) is 2.13. The molecule has 0 saturated carbocycles. The summed E-state index contributed by atoms with van der Waals surface area (Å²) in [5, 5.41) is 20.1. The summed E-state index contributed by atoms with van der Waals surface area (Å²) in [5.74, 6) is 0.785. The van der Waals surface area contributed by atoms with E-state index in [0.717, 1.165) is 16.9 Å². The van der Waals surface area contributed by atoms with Gasteiger partial charge in [-0.3, -0.25) is 0 Å². The fourth-order valence-corrected chi connectivity index (χ4v) is 2.13. The molecule has 2 aromatic carbocycles. The van der Waals surface area contributed by atoms with Gasteiger partial charge < -0.3 is 14.9 Å². The second-order valence-electron chi connectivity index (χ2n) is 4.88. The lowest BCUT2D eigenvalue weighted by atomic mass is 9.98. The van der Waals surface area contributed by atoms with Crippen LogP contribution in [0.3, 0.4) is 0 Å². The van der Waals surface area contributed by atoms with Crippen molar-refractivity contribution in [1.82, 2.24) is 0 Å². The lowest BCUT2D eigenvalue weighted by Crippen LogP contribution is -2.29. The molecule has 0 fully saturated rings. The minimum atomic E-state index is -0.774. The van der Waals surface area contributed by atoms with Crippen LogP contribution in [0.2, 0.25) is 0 Å². The van der Waals surface area contributed by atoms with Crippen LogP contribution in [0, 0.1) is 0 Å². The molecule has 2 aromatic rings. The molecule has 2 unspecified atom stereocenters. The molecular formula is C17H20O3. The van der Waals surface area contributed by atoms with Crippen LogP contribution in [0.4, 0.5) is 0 Å². The molecule has 0 aliphatic heterocycles. The lowest BCUT2D eigenvalue weighted by Gasteiger charge is -2.18. The van der Waals surface area contributed by atoms with E-state index in [9.17, 15) is 10.2 Å². The summed E-state index contributed by atoms with van der Waals surface area (Å²) in [6, 6.07) is 17.2. The van der Waals surface area contributed by atoms with Crippen molar-refractivity contribution in [2.45, 2.75) is 25.0 Å². The summed E-state index contributed by atoms with van der Waals surface area (Å²) in [4.78, 5) is 0. The van der Waals surface area contributed by atoms with Gasteiger partial charge in [-0.2, -0.15) is 0 Å². The fraction of sp³-hybridized carbons (Fsp3) is 0.294. The van der Waals surface area contributed by atoms with E-state index in [-0.39, 0.29) is 0 Å². The molecule has 106 valence electrons. The second kappa shape index (κ2) is 7.08. The van der Waals surface area contributed by atoms with Gasteiger partial charge in [-0.1, -0.05) is 42.5 Å². The van der Waals surface area contributed by atoms with Crippen molar-refractivity contribution in [2.75, 3.05) is 7.11 Å². The topological polar surface area (TPSA) is 49.7 Å². The van der Waals surface area contributed by atoms with E-state index in [2.05, 4.69) is 0 Å². The average molecular weight is 272 g/mol. The van der Waals surface area contributed by atoms with Gasteiger partial charge in [0, 0.05) is 12.8 Å². The summed E-state index contributed by atoms with van der Waals surface area (Å²) >= 11 is 0. The van der Waals surface area contributed by atoms with Gasteiger partial charge in [0.25, 0.3) is 0 Å². The Morgan fingerprint density at radius 1 is 0.800 bits per heavy atom. The quantitative estimate of drug-likeness (QED) is 0.847. The van der Waals surface area contributed by atoms with E-state index in [4.69, 9.17) is 4.74 Å². The molecule has 3 heteroatoms. The summed E-state index contributed by atoms with van der Waals surface area (Å²) in [6.45, 7) is 0. The van der Waals surface area contributed by atoms with Crippen molar-refractivity contribution in [2.24, 2.45) is 0 Å². The Balaban J connectivity index is 1.91. The third kappa shape index (κ3) is 4.08. The number of aliphatic hydroxyl groups excluding tert-OH is 2. The van der Waals surface area contributed by atoms with Gasteiger partial charge in [0.2, 0.25) is 0 Å². The molecule has 0 spiro atoms. The Labute approximate surface area is 119 Å². The number of benzene rings is 2. The zero-order chi connectivity index (χ0) is 14.4. The highest BCUT2D eigenvalue weighted by Crippen LogP contribution is 2.15. The number of methoxy groups -OCH3 is 1. The Bertz CT molecular complexity index is 508. The first-order valence-corrected chi connectivity index (χ1v) is 6.72. The standard InChI is InChI=1S/C17H20O3/c1-20-15-9-7-14(8-10-15)12-17(19)16(18)11-13-5-3-2-4-6-13/h2-10,16-19H,11-12H2,1H3. The van der Waals surface area contributed by atoms with Gasteiger partial charge in [0.05, 0.1) is 19.3 Å². The van der Waals surface area contributed by atoms with Gasteiger partial charge >= 0.3 is 0 Å². The third-order valence-electron chi connectivity index (χ3n) is 3.34. The highest BCUT2D eigenvalue weighted by molar-refractivity contribution is 5.27. The second-order valence-corrected chi connectivity index (χ2v) is 4.88. The minimum absolute atomic E-state index is 0.429. The zero-order valence-electron chi connectivity index (χ0n) is 11.6. The average Bonchev–Trinajstić information content (AvgIpc) is 2.49. The van der Waals surface area contributed by atoms with Gasteiger partial charge in [0.15, 0.2) is 0 Å². The van der Waals surface area contributed by atoms with Crippen molar-refractivity contribution < 1.29 is 14.9 Å². The molecule has 3 nitrogen and oxygen atoms in total. The maximum absolute atomic E-state index is 10.1. The van der Waals surface area contributed by atoms with E-state index in [1.807, 2.05) is 54.6 Å². The molecule has 2 N–H and O–H groups in total. The monoisotopic (exact) mass is 272 g/mol. The Morgan fingerprint density at radius 2 is 1.30 bits per heavy atom. The Kier molecular flexibility index (Phi) is 5.16. The maximum atomic E-state index is 10.1. The van der Waals surface area contributed by atoms with Gasteiger partial charge in [-0.15, -0.1) is 0 Å². The smallest absolute Gasteiger partial charge is 0.118 e. The highest BCUT2D eigenvalue weighted by atomic mass is 16.5. The number of aliphatic hydroxyl groups is 2. The van der Waals surface area contributed by atoms with Crippen LogP contribution in [-0.4, -0.2) is 29.5 Å². The SMILES string of the molecule is COc1ccc(CC(O)C(O)Cc2ccccc2)cc1. The van der Waals surface area contributed by atoms with E-state index in [1.165, 1.54) is 0 Å². The molecule has 0 radical (unpaired) electrons. The van der Waals surface area contributed by atoms with Crippen molar-refractivity contribution >= 4 is 0 Å². The lowest BCUT2D eigenvalue weighted by molar-refractivity contribution is 0.0206. The van der Waals surface area contributed by atoms with Crippen molar-refractivity contribution in [1.29, 1.82) is 0 Å². The first kappa shape index (κ1) is 14.6. The van der Waals surface area contributed by atoms with Crippen LogP contribution in [0.25, 0.3) is 0 Å². The van der Waals surface area contributed by atoms with Crippen molar-refractivity contribution in [3.63, 3.8) is 0 Å². The van der Waals surface area contributed by atoms with Crippen LogP contribution in [0.1, 0.15) is 11.1 Å². The first-order valence-electron chi connectivity index (χ1n) is 6.72. The van der Waals surface area contributed by atoms with E-state index >= 15 is 0 Å². The Morgan fingerprint density at radius 3 is 1.80 bits per heavy atom. The highest BCUT2D eigenvalue weighted by Gasteiger charge is 2.17. The molecule has 0 saturated heterocycles. The molecule has 2 rings (SSSR count). The number of ether oxygens (including phenoxy) is 1. The van der Waals surface area contributed by atoms with Crippen LogP contribution in [0.5, 0.6) is 5.75 Å². The normalized spacial score (nSPS) is 13.8. The first-order chi connectivity index (χ1) is 9.69. The molecule has 2 atom stereocenters. The number of hydrogen-bond acceptors (Lipinski definition) is 3. The number of rotatable bonds is 6. The van der Waals surface area contributed by atoms with Crippen LogP contribution in [0.15, 0.2) is 54.6 Å².